The van der Waals surface area contributed by atoms with Crippen molar-refractivity contribution in [2.24, 2.45) is 11.7 Å². The molecule has 1 aromatic carbocycles. The van der Waals surface area contributed by atoms with Crippen molar-refractivity contribution in [3.8, 4) is 5.75 Å². The van der Waals surface area contributed by atoms with Crippen LogP contribution in [0.4, 0.5) is 0 Å². The first-order valence-corrected chi connectivity index (χ1v) is 11.3. The molecular weight excluding hydrogens is 476 g/mol. The summed E-state index contributed by atoms with van der Waals surface area (Å²) in [6.07, 6.45) is -2.10. The number of phenolic OH excluding ortho intramolecular Hbond substituents is 1. The minimum Gasteiger partial charge on any atom is -0.508 e. The molecule has 1 aromatic rings. The highest BCUT2D eigenvalue weighted by Gasteiger charge is 2.32. The van der Waals surface area contributed by atoms with Crippen LogP contribution in [-0.4, -0.2) is 80.4 Å². The highest BCUT2D eigenvalue weighted by Crippen LogP contribution is 2.12. The number of nitrogens with two attached hydrogens (primary N) is 1. The van der Waals surface area contributed by atoms with E-state index in [9.17, 15) is 39.3 Å². The Labute approximate surface area is 208 Å². The van der Waals surface area contributed by atoms with E-state index in [1.807, 2.05) is 0 Å². The van der Waals surface area contributed by atoms with Gasteiger partial charge < -0.3 is 42.1 Å². The average molecular weight is 511 g/mol. The number of aliphatic hydroxyl groups is 1. The van der Waals surface area contributed by atoms with Crippen LogP contribution >= 0.6 is 0 Å². The summed E-state index contributed by atoms with van der Waals surface area (Å²) in [7, 11) is 0. The van der Waals surface area contributed by atoms with Crippen molar-refractivity contribution in [3.63, 3.8) is 0 Å². The largest absolute Gasteiger partial charge is 0.508 e. The molecule has 9 N–H and O–H groups in total. The number of amides is 3. The molecule has 0 aliphatic rings. The molecule has 200 valence electrons. The predicted octanol–water partition coefficient (Wildman–Crippen LogP) is -1.30. The van der Waals surface area contributed by atoms with Crippen LogP contribution in [0.5, 0.6) is 5.75 Å². The molecule has 0 radical (unpaired) electrons. The lowest BCUT2D eigenvalue weighted by molar-refractivity contribution is -0.143. The molecule has 0 spiro atoms. The van der Waals surface area contributed by atoms with Gasteiger partial charge in [-0.2, -0.15) is 0 Å². The molecule has 0 saturated carbocycles. The average Bonchev–Trinajstić information content (AvgIpc) is 2.77. The number of rotatable bonds is 14. The number of phenols is 1. The summed E-state index contributed by atoms with van der Waals surface area (Å²) in [5, 5.41) is 44.5. The maximum Gasteiger partial charge on any atom is 0.326 e. The standard InChI is InChI=1S/C23H34N4O9/c1-11(2)8-15(20(32)27-17(23(35)36)9-13-4-6-14(29)7-5-13)25-21(33)16(10-18(30)31)26-22(34)19(24)12(3)28/h4-7,11-12,15-17,19,28-29H,8-10,24H2,1-3H3,(H,25,33)(H,26,34)(H,27,32)(H,30,31)(H,35,36). The first kappa shape index (κ1) is 30.3. The van der Waals surface area contributed by atoms with Gasteiger partial charge >= 0.3 is 11.9 Å². The number of aliphatic carboxylic acids is 2. The molecule has 0 saturated heterocycles. The minimum absolute atomic E-state index is 0.00761. The molecule has 0 heterocycles. The second kappa shape index (κ2) is 14.0. The van der Waals surface area contributed by atoms with Gasteiger partial charge in [0.1, 0.15) is 29.9 Å². The van der Waals surface area contributed by atoms with E-state index < -0.39 is 66.4 Å². The zero-order chi connectivity index (χ0) is 27.6. The van der Waals surface area contributed by atoms with Gasteiger partial charge in [-0.15, -0.1) is 0 Å². The second-order valence-electron chi connectivity index (χ2n) is 8.89. The van der Waals surface area contributed by atoms with Gasteiger partial charge in [0.2, 0.25) is 17.7 Å². The third kappa shape index (κ3) is 10.3. The smallest absolute Gasteiger partial charge is 0.326 e. The molecule has 36 heavy (non-hydrogen) atoms. The summed E-state index contributed by atoms with van der Waals surface area (Å²) in [4.78, 5) is 60.9. The minimum atomic E-state index is -1.60. The Kier molecular flexibility index (Phi) is 11.8. The molecule has 13 nitrogen and oxygen atoms in total. The molecule has 0 fully saturated rings. The quantitative estimate of drug-likeness (QED) is 0.147. The van der Waals surface area contributed by atoms with Crippen molar-refractivity contribution in [2.45, 2.75) is 70.3 Å². The van der Waals surface area contributed by atoms with Crippen LogP contribution < -0.4 is 21.7 Å². The van der Waals surface area contributed by atoms with Gasteiger partial charge in [0, 0.05) is 6.42 Å². The zero-order valence-corrected chi connectivity index (χ0v) is 20.3. The predicted molar refractivity (Wildman–Crippen MR) is 127 cm³/mol. The lowest BCUT2D eigenvalue weighted by Gasteiger charge is -2.26. The number of carboxylic acid groups (broad SMARTS) is 2. The van der Waals surface area contributed by atoms with Crippen LogP contribution in [0.15, 0.2) is 24.3 Å². The first-order valence-electron chi connectivity index (χ1n) is 11.3. The number of carbonyl (C=O) groups is 5. The lowest BCUT2D eigenvalue weighted by Crippen LogP contribution is -2.58. The third-order valence-electron chi connectivity index (χ3n) is 5.17. The fourth-order valence-electron chi connectivity index (χ4n) is 3.19. The van der Waals surface area contributed by atoms with Crippen LogP contribution in [0.1, 0.15) is 39.2 Å². The van der Waals surface area contributed by atoms with Gasteiger partial charge in [-0.05, 0) is 37.0 Å². The number of carboxylic acids is 2. The monoisotopic (exact) mass is 510 g/mol. The molecule has 3 amide bonds. The molecule has 0 aliphatic heterocycles. The summed E-state index contributed by atoms with van der Waals surface area (Å²) in [6, 6.07) is 0.139. The Hall–Kier alpha value is -3.71. The lowest BCUT2D eigenvalue weighted by atomic mass is 10.0. The summed E-state index contributed by atoms with van der Waals surface area (Å²) in [5.74, 6) is -5.64. The maximum absolute atomic E-state index is 13.0. The van der Waals surface area contributed by atoms with E-state index in [-0.39, 0.29) is 24.5 Å². The fourth-order valence-corrected chi connectivity index (χ4v) is 3.19. The molecule has 13 heteroatoms. The van der Waals surface area contributed by atoms with Gasteiger partial charge in [-0.1, -0.05) is 26.0 Å². The first-order chi connectivity index (χ1) is 16.7. The summed E-state index contributed by atoms with van der Waals surface area (Å²) in [6.45, 7) is 4.77. The van der Waals surface area contributed by atoms with Gasteiger partial charge in [0.15, 0.2) is 0 Å². The van der Waals surface area contributed by atoms with Crippen molar-refractivity contribution in [3.05, 3.63) is 29.8 Å². The molecule has 0 aromatic heterocycles. The highest BCUT2D eigenvalue weighted by molar-refractivity contribution is 5.95. The van der Waals surface area contributed by atoms with E-state index >= 15 is 0 Å². The zero-order valence-electron chi connectivity index (χ0n) is 20.3. The van der Waals surface area contributed by atoms with Crippen LogP contribution in [-0.2, 0) is 30.4 Å². The van der Waals surface area contributed by atoms with Crippen LogP contribution in [0.3, 0.4) is 0 Å². The van der Waals surface area contributed by atoms with Crippen molar-refractivity contribution in [1.29, 1.82) is 0 Å². The molecule has 5 atom stereocenters. The number of carbonyl (C=O) groups excluding carboxylic acids is 3. The number of nitrogens with one attached hydrogen (secondary N) is 3. The Morgan fingerprint density at radius 3 is 1.81 bits per heavy atom. The second-order valence-corrected chi connectivity index (χ2v) is 8.89. The molecule has 5 unspecified atom stereocenters. The summed E-state index contributed by atoms with van der Waals surface area (Å²) >= 11 is 0. The number of benzene rings is 1. The Morgan fingerprint density at radius 1 is 0.833 bits per heavy atom. The molecule has 1 rings (SSSR count). The van der Waals surface area contributed by atoms with Crippen LogP contribution in [0, 0.1) is 5.92 Å². The normalized spacial score (nSPS) is 15.2. The van der Waals surface area contributed by atoms with E-state index in [0.29, 0.717) is 5.56 Å². The molecule has 0 aliphatic carbocycles. The van der Waals surface area contributed by atoms with Crippen LogP contribution in [0.25, 0.3) is 0 Å². The van der Waals surface area contributed by atoms with Crippen molar-refractivity contribution in [2.75, 3.05) is 0 Å². The number of hydrogen-bond acceptors (Lipinski definition) is 8. The van der Waals surface area contributed by atoms with E-state index in [0.717, 1.165) is 0 Å². The van der Waals surface area contributed by atoms with Crippen molar-refractivity contribution < 1.29 is 44.4 Å². The van der Waals surface area contributed by atoms with E-state index in [4.69, 9.17) is 10.8 Å². The maximum atomic E-state index is 13.0. The number of hydrogen-bond donors (Lipinski definition) is 8. The Balaban J connectivity index is 3.03. The topological polar surface area (TPSA) is 228 Å². The van der Waals surface area contributed by atoms with Gasteiger partial charge in [-0.25, -0.2) is 4.79 Å². The van der Waals surface area contributed by atoms with E-state index in [2.05, 4.69) is 16.0 Å². The Bertz CT molecular complexity index is 934. The van der Waals surface area contributed by atoms with Gasteiger partial charge in [0.25, 0.3) is 0 Å². The third-order valence-corrected chi connectivity index (χ3v) is 5.17. The van der Waals surface area contributed by atoms with Gasteiger partial charge in [0.05, 0.1) is 12.5 Å². The van der Waals surface area contributed by atoms with Crippen molar-refractivity contribution in [1.82, 2.24) is 16.0 Å². The number of aliphatic hydroxyl groups excluding tert-OH is 1. The fraction of sp³-hybridized carbons (Fsp3) is 0.522. The van der Waals surface area contributed by atoms with Crippen molar-refractivity contribution >= 4 is 29.7 Å². The summed E-state index contributed by atoms with van der Waals surface area (Å²) < 4.78 is 0. The Morgan fingerprint density at radius 2 is 1.33 bits per heavy atom. The van der Waals surface area contributed by atoms with E-state index in [1.165, 1.54) is 31.2 Å². The highest BCUT2D eigenvalue weighted by atomic mass is 16.4. The van der Waals surface area contributed by atoms with E-state index in [1.54, 1.807) is 13.8 Å². The molecular formula is C23H34N4O9. The van der Waals surface area contributed by atoms with Crippen LogP contribution in [0.2, 0.25) is 0 Å². The molecule has 0 bridgehead atoms. The number of aromatic hydroxyl groups is 1. The summed E-state index contributed by atoms with van der Waals surface area (Å²) in [5.41, 5.74) is 6.07. The van der Waals surface area contributed by atoms with Gasteiger partial charge in [-0.3, -0.25) is 19.2 Å². The SMILES string of the molecule is CC(C)CC(NC(=O)C(CC(=O)O)NC(=O)C(N)C(C)O)C(=O)NC(Cc1ccc(O)cc1)C(=O)O.